The van der Waals surface area contributed by atoms with E-state index in [-0.39, 0.29) is 27.4 Å². The predicted octanol–water partition coefficient (Wildman–Crippen LogP) is 4.96. The van der Waals surface area contributed by atoms with Crippen LogP contribution in [0.5, 0.6) is 0 Å². The first-order chi connectivity index (χ1) is 17.3. The lowest BCUT2D eigenvalue weighted by molar-refractivity contribution is 0.0551. The Morgan fingerprint density at radius 3 is 1.92 bits per heavy atom. The lowest BCUT2D eigenvalue weighted by Gasteiger charge is -2.21. The minimum Gasteiger partial charge on any atom is -0.465 e. The van der Waals surface area contributed by atoms with Crippen LogP contribution in [0.3, 0.4) is 0 Å². The fraction of sp³-hybridized carbons (Fsp3) is 0.111. The highest BCUT2D eigenvalue weighted by molar-refractivity contribution is 7.92. The number of methoxy groups -OCH3 is 2. The second kappa shape index (κ2) is 10.2. The summed E-state index contributed by atoms with van der Waals surface area (Å²) < 4.78 is 51.8. The van der Waals surface area contributed by atoms with Gasteiger partial charge >= 0.3 is 11.9 Å². The zero-order valence-corrected chi connectivity index (χ0v) is 20.2. The van der Waals surface area contributed by atoms with Gasteiger partial charge in [-0.05, 0) is 47.5 Å². The average molecular weight is 508 g/mol. The topological polar surface area (TPSA) is 103 Å². The molecule has 7 nitrogen and oxygen atoms in total. The Labute approximate surface area is 207 Å². The summed E-state index contributed by atoms with van der Waals surface area (Å²) in [7, 11) is -1.92. The maximum absolute atomic E-state index is 14.1. The number of carbonyl (C=O) groups is 2. The van der Waals surface area contributed by atoms with Gasteiger partial charge in [-0.15, -0.1) is 0 Å². The number of aromatic nitrogens is 1. The lowest BCUT2D eigenvalue weighted by Crippen LogP contribution is -2.20. The van der Waals surface area contributed by atoms with Crippen molar-refractivity contribution in [3.8, 4) is 11.3 Å². The van der Waals surface area contributed by atoms with E-state index in [1.165, 1.54) is 36.4 Å². The van der Waals surface area contributed by atoms with E-state index in [4.69, 9.17) is 9.47 Å². The normalized spacial score (nSPS) is 12.1. The van der Waals surface area contributed by atoms with Crippen LogP contribution in [0.4, 0.5) is 4.39 Å². The molecule has 184 valence electrons. The van der Waals surface area contributed by atoms with Crippen molar-refractivity contribution in [2.45, 2.75) is 10.1 Å². The fourth-order valence-corrected chi connectivity index (χ4v) is 5.94. The molecule has 1 N–H and O–H groups in total. The number of benzene rings is 3. The summed E-state index contributed by atoms with van der Waals surface area (Å²) in [5, 5.41) is -1.43. The quantitative estimate of drug-likeness (QED) is 0.355. The summed E-state index contributed by atoms with van der Waals surface area (Å²) in [6, 6.07) is 21.3. The number of H-pyrrole nitrogens is 1. The van der Waals surface area contributed by atoms with Crippen molar-refractivity contribution in [2.24, 2.45) is 0 Å². The molecule has 3 aromatic carbocycles. The van der Waals surface area contributed by atoms with Crippen molar-refractivity contribution in [1.82, 2.24) is 4.98 Å². The average Bonchev–Trinajstić information content (AvgIpc) is 3.29. The van der Waals surface area contributed by atoms with E-state index in [0.717, 1.165) is 14.2 Å². The number of carbonyl (C=O) groups excluding carboxylic acids is 2. The van der Waals surface area contributed by atoms with E-state index in [9.17, 15) is 22.4 Å². The van der Waals surface area contributed by atoms with Gasteiger partial charge in [0.1, 0.15) is 16.8 Å². The molecular weight excluding hydrogens is 485 g/mol. The Kier molecular flexibility index (Phi) is 7.03. The minimum atomic E-state index is -4.18. The van der Waals surface area contributed by atoms with Crippen molar-refractivity contribution in [1.29, 1.82) is 0 Å². The van der Waals surface area contributed by atoms with E-state index in [2.05, 4.69) is 4.98 Å². The van der Waals surface area contributed by atoms with Gasteiger partial charge < -0.3 is 14.5 Å². The van der Waals surface area contributed by atoms with Crippen LogP contribution in [-0.4, -0.2) is 39.6 Å². The van der Waals surface area contributed by atoms with E-state index in [1.54, 1.807) is 48.5 Å². The number of halogens is 1. The fourth-order valence-electron chi connectivity index (χ4n) is 4.07. The molecule has 36 heavy (non-hydrogen) atoms. The molecule has 0 aliphatic carbocycles. The summed E-state index contributed by atoms with van der Waals surface area (Å²) in [6.07, 6.45) is 0. The molecule has 1 aromatic heterocycles. The number of ether oxygens (including phenoxy) is 2. The predicted molar refractivity (Wildman–Crippen MR) is 131 cm³/mol. The van der Waals surface area contributed by atoms with Gasteiger partial charge in [-0.25, -0.2) is 22.4 Å². The second-order valence-corrected chi connectivity index (χ2v) is 9.84. The number of rotatable bonds is 7. The third-order valence-corrected chi connectivity index (χ3v) is 7.75. The molecule has 0 fully saturated rings. The summed E-state index contributed by atoms with van der Waals surface area (Å²) >= 11 is 0. The van der Waals surface area contributed by atoms with Gasteiger partial charge in [0.15, 0.2) is 9.84 Å². The van der Waals surface area contributed by atoms with Crippen LogP contribution in [0, 0.1) is 5.82 Å². The highest BCUT2D eigenvalue weighted by Crippen LogP contribution is 2.43. The molecule has 4 aromatic rings. The third-order valence-electron chi connectivity index (χ3n) is 5.70. The zero-order chi connectivity index (χ0) is 25.9. The van der Waals surface area contributed by atoms with E-state index >= 15 is 0 Å². The first kappa shape index (κ1) is 24.9. The number of sulfone groups is 1. The summed E-state index contributed by atoms with van der Waals surface area (Å²) in [4.78, 5) is 28.7. The SMILES string of the molecule is COC(=O)c1[nH]c(-c2ccc(F)cc2)c(C(c2ccccc2)S(=O)(=O)c2ccccc2)c1C(=O)OC. The Bertz CT molecular complexity index is 1500. The van der Waals surface area contributed by atoms with Gasteiger partial charge in [-0.3, -0.25) is 0 Å². The van der Waals surface area contributed by atoms with Gasteiger partial charge in [0, 0.05) is 5.56 Å². The van der Waals surface area contributed by atoms with E-state index in [1.807, 2.05) is 0 Å². The standard InChI is InChI=1S/C27H22FNO6S/c1-34-26(30)22-21(23(29-24(22)27(31)35-2)17-13-15-19(28)16-14-17)25(18-9-5-3-6-10-18)36(32,33)20-11-7-4-8-12-20/h3-16,25,29H,1-2H3. The van der Waals surface area contributed by atoms with Crippen LogP contribution < -0.4 is 0 Å². The van der Waals surface area contributed by atoms with Gasteiger partial charge in [0.05, 0.1) is 30.4 Å². The van der Waals surface area contributed by atoms with E-state index < -0.39 is 32.8 Å². The summed E-state index contributed by atoms with van der Waals surface area (Å²) in [6.45, 7) is 0. The minimum absolute atomic E-state index is 0.0103. The Morgan fingerprint density at radius 1 is 0.806 bits per heavy atom. The molecule has 0 amide bonds. The maximum atomic E-state index is 14.1. The second-order valence-electron chi connectivity index (χ2n) is 7.80. The molecule has 0 aliphatic heterocycles. The molecular formula is C27H22FNO6S. The number of aromatic amines is 1. The Balaban J connectivity index is 2.15. The smallest absolute Gasteiger partial charge is 0.355 e. The molecule has 1 unspecified atom stereocenters. The van der Waals surface area contributed by atoms with Crippen molar-refractivity contribution < 1.29 is 31.9 Å². The first-order valence-electron chi connectivity index (χ1n) is 10.8. The molecule has 9 heteroatoms. The number of esters is 2. The van der Waals surface area contributed by atoms with Gasteiger partial charge in [0.25, 0.3) is 0 Å². The monoisotopic (exact) mass is 507 g/mol. The largest absolute Gasteiger partial charge is 0.465 e. The van der Waals surface area contributed by atoms with Gasteiger partial charge in [0.2, 0.25) is 0 Å². The highest BCUT2D eigenvalue weighted by atomic mass is 32.2. The summed E-state index contributed by atoms with van der Waals surface area (Å²) in [5.74, 6) is -2.34. The van der Waals surface area contributed by atoms with Crippen molar-refractivity contribution >= 4 is 21.8 Å². The molecule has 0 bridgehead atoms. The number of hydrogen-bond donors (Lipinski definition) is 1. The van der Waals surface area contributed by atoms with Crippen LogP contribution in [0.2, 0.25) is 0 Å². The highest BCUT2D eigenvalue weighted by Gasteiger charge is 2.40. The van der Waals surface area contributed by atoms with Crippen LogP contribution in [0.25, 0.3) is 11.3 Å². The molecule has 1 atom stereocenters. The van der Waals surface area contributed by atoms with Crippen molar-refractivity contribution in [3.05, 3.63) is 113 Å². The summed E-state index contributed by atoms with van der Waals surface area (Å²) in [5.41, 5.74) is 0.286. The van der Waals surface area contributed by atoms with Gasteiger partial charge in [-0.2, -0.15) is 0 Å². The molecule has 0 radical (unpaired) electrons. The van der Waals surface area contributed by atoms with Crippen LogP contribution >= 0.6 is 0 Å². The molecule has 4 rings (SSSR count). The zero-order valence-electron chi connectivity index (χ0n) is 19.4. The first-order valence-corrected chi connectivity index (χ1v) is 12.4. The third kappa shape index (κ3) is 4.52. The van der Waals surface area contributed by atoms with Crippen molar-refractivity contribution in [3.63, 3.8) is 0 Å². The number of nitrogens with one attached hydrogen (secondary N) is 1. The van der Waals surface area contributed by atoms with Crippen LogP contribution in [0.15, 0.2) is 89.8 Å². The lowest BCUT2D eigenvalue weighted by atomic mass is 9.96. The Hall–Kier alpha value is -4.24. The Morgan fingerprint density at radius 2 is 1.36 bits per heavy atom. The maximum Gasteiger partial charge on any atom is 0.355 e. The van der Waals surface area contributed by atoms with E-state index in [0.29, 0.717) is 11.1 Å². The molecule has 0 saturated carbocycles. The molecule has 0 saturated heterocycles. The van der Waals surface area contributed by atoms with Crippen LogP contribution in [-0.2, 0) is 19.3 Å². The van der Waals surface area contributed by atoms with Crippen LogP contribution in [0.1, 0.15) is 37.2 Å². The molecule has 1 heterocycles. The number of hydrogen-bond acceptors (Lipinski definition) is 6. The molecule has 0 aliphatic rings. The molecule has 0 spiro atoms. The van der Waals surface area contributed by atoms with Gasteiger partial charge in [-0.1, -0.05) is 48.5 Å². The van der Waals surface area contributed by atoms with Crippen molar-refractivity contribution in [2.75, 3.05) is 14.2 Å².